The van der Waals surface area contributed by atoms with Crippen LogP contribution in [0.1, 0.15) is 36.8 Å². The molecule has 0 bridgehead atoms. The zero-order valence-electron chi connectivity index (χ0n) is 12.2. The van der Waals surface area contributed by atoms with Crippen LogP contribution in [0.3, 0.4) is 0 Å². The average molecular weight is 279 g/mol. The van der Waals surface area contributed by atoms with E-state index < -0.39 is 0 Å². The molecule has 0 aliphatic heterocycles. The van der Waals surface area contributed by atoms with E-state index in [2.05, 4.69) is 30.3 Å². The third-order valence-corrected chi connectivity index (χ3v) is 4.47. The summed E-state index contributed by atoms with van der Waals surface area (Å²) in [5.74, 6) is 0.295. The van der Waals surface area contributed by atoms with Crippen molar-refractivity contribution >= 4 is 6.21 Å². The van der Waals surface area contributed by atoms with Gasteiger partial charge in [0, 0.05) is 18.2 Å². The minimum absolute atomic E-state index is 0.217. The summed E-state index contributed by atoms with van der Waals surface area (Å²) in [6, 6.07) is 18.0. The average Bonchev–Trinajstić information content (AvgIpc) is 3.00. The van der Waals surface area contributed by atoms with Gasteiger partial charge in [0.05, 0.1) is 0 Å². The first-order valence-electron chi connectivity index (χ1n) is 7.63. The SMILES string of the molecule is Oc1ccc(C=NCC2(c3ccccc3)CCCC2)cc1. The van der Waals surface area contributed by atoms with Gasteiger partial charge in [-0.05, 0) is 48.2 Å². The lowest BCUT2D eigenvalue weighted by Crippen LogP contribution is -2.25. The first kappa shape index (κ1) is 13.9. The van der Waals surface area contributed by atoms with Crippen LogP contribution in [-0.4, -0.2) is 17.9 Å². The number of nitrogens with zero attached hydrogens (tertiary/aromatic N) is 1. The molecule has 0 atom stereocenters. The van der Waals surface area contributed by atoms with Gasteiger partial charge in [-0.1, -0.05) is 43.2 Å². The Morgan fingerprint density at radius 2 is 1.62 bits per heavy atom. The molecule has 0 amide bonds. The molecular formula is C19H21NO. The van der Waals surface area contributed by atoms with Crippen molar-refractivity contribution in [3.05, 3.63) is 65.7 Å². The number of aromatic hydroxyl groups is 1. The molecule has 2 aromatic carbocycles. The Labute approximate surface area is 126 Å². The monoisotopic (exact) mass is 279 g/mol. The lowest BCUT2D eigenvalue weighted by Gasteiger charge is -2.27. The van der Waals surface area contributed by atoms with Gasteiger partial charge in [-0.2, -0.15) is 0 Å². The van der Waals surface area contributed by atoms with E-state index in [0.29, 0.717) is 5.75 Å². The molecule has 1 aliphatic rings. The molecule has 1 N–H and O–H groups in total. The van der Waals surface area contributed by atoms with Gasteiger partial charge in [0.15, 0.2) is 0 Å². The van der Waals surface area contributed by atoms with Gasteiger partial charge in [0.25, 0.3) is 0 Å². The number of rotatable bonds is 4. The molecule has 2 nitrogen and oxygen atoms in total. The molecule has 0 radical (unpaired) electrons. The molecular weight excluding hydrogens is 258 g/mol. The largest absolute Gasteiger partial charge is 0.508 e. The van der Waals surface area contributed by atoms with Crippen LogP contribution < -0.4 is 0 Å². The summed E-state index contributed by atoms with van der Waals surface area (Å²) in [6.45, 7) is 0.845. The Hall–Kier alpha value is -2.09. The van der Waals surface area contributed by atoms with Crippen molar-refractivity contribution in [3.63, 3.8) is 0 Å². The summed E-state index contributed by atoms with van der Waals surface area (Å²) >= 11 is 0. The van der Waals surface area contributed by atoms with E-state index in [4.69, 9.17) is 4.99 Å². The summed E-state index contributed by atoms with van der Waals surface area (Å²) in [7, 11) is 0. The maximum absolute atomic E-state index is 9.30. The summed E-state index contributed by atoms with van der Waals surface area (Å²) in [5.41, 5.74) is 2.67. The van der Waals surface area contributed by atoms with E-state index in [1.165, 1.54) is 31.2 Å². The number of aliphatic imine (C=N–C) groups is 1. The fourth-order valence-corrected chi connectivity index (χ4v) is 3.27. The van der Waals surface area contributed by atoms with E-state index in [0.717, 1.165) is 12.1 Å². The van der Waals surface area contributed by atoms with Crippen molar-refractivity contribution in [2.75, 3.05) is 6.54 Å². The maximum Gasteiger partial charge on any atom is 0.115 e. The van der Waals surface area contributed by atoms with E-state index in [9.17, 15) is 5.11 Å². The van der Waals surface area contributed by atoms with Crippen molar-refractivity contribution in [3.8, 4) is 5.75 Å². The summed E-state index contributed by atoms with van der Waals surface area (Å²) in [5, 5.41) is 9.30. The zero-order valence-corrected chi connectivity index (χ0v) is 12.2. The van der Waals surface area contributed by atoms with E-state index >= 15 is 0 Å². The van der Waals surface area contributed by atoms with Crippen molar-refractivity contribution in [2.45, 2.75) is 31.1 Å². The highest BCUT2D eigenvalue weighted by atomic mass is 16.3. The molecule has 0 aromatic heterocycles. The Morgan fingerprint density at radius 1 is 0.952 bits per heavy atom. The first-order chi connectivity index (χ1) is 10.3. The zero-order chi connectivity index (χ0) is 14.5. The normalized spacial score (nSPS) is 17.3. The Balaban J connectivity index is 1.76. The highest BCUT2D eigenvalue weighted by molar-refractivity contribution is 5.79. The fraction of sp³-hybridized carbons (Fsp3) is 0.316. The molecule has 1 fully saturated rings. The van der Waals surface area contributed by atoms with Crippen LogP contribution in [0.5, 0.6) is 5.75 Å². The van der Waals surface area contributed by atoms with Gasteiger partial charge in [0.2, 0.25) is 0 Å². The van der Waals surface area contributed by atoms with Gasteiger partial charge in [0.1, 0.15) is 5.75 Å². The smallest absolute Gasteiger partial charge is 0.115 e. The molecule has 1 saturated carbocycles. The number of hydrogen-bond acceptors (Lipinski definition) is 2. The topological polar surface area (TPSA) is 32.6 Å². The summed E-state index contributed by atoms with van der Waals surface area (Å²) in [4.78, 5) is 4.70. The predicted octanol–water partition coefficient (Wildman–Crippen LogP) is 4.32. The Bertz CT molecular complexity index is 595. The van der Waals surface area contributed by atoms with Crippen molar-refractivity contribution in [1.82, 2.24) is 0 Å². The second kappa shape index (κ2) is 6.13. The molecule has 2 heteroatoms. The minimum Gasteiger partial charge on any atom is -0.508 e. The van der Waals surface area contributed by atoms with Gasteiger partial charge in [-0.3, -0.25) is 4.99 Å². The second-order valence-electron chi connectivity index (χ2n) is 5.91. The molecule has 0 saturated heterocycles. The highest BCUT2D eigenvalue weighted by Gasteiger charge is 2.34. The van der Waals surface area contributed by atoms with E-state index in [1.54, 1.807) is 12.1 Å². The third-order valence-electron chi connectivity index (χ3n) is 4.47. The molecule has 21 heavy (non-hydrogen) atoms. The van der Waals surface area contributed by atoms with Crippen molar-refractivity contribution in [2.24, 2.45) is 4.99 Å². The van der Waals surface area contributed by atoms with Crippen LogP contribution in [0.15, 0.2) is 59.6 Å². The number of phenols is 1. The third kappa shape index (κ3) is 3.15. The van der Waals surface area contributed by atoms with Crippen molar-refractivity contribution in [1.29, 1.82) is 0 Å². The van der Waals surface area contributed by atoms with E-state index in [1.807, 2.05) is 18.3 Å². The number of benzene rings is 2. The van der Waals surface area contributed by atoms with Crippen LogP contribution >= 0.6 is 0 Å². The lowest BCUT2D eigenvalue weighted by molar-refractivity contribution is 0.455. The quantitative estimate of drug-likeness (QED) is 0.830. The minimum atomic E-state index is 0.217. The van der Waals surface area contributed by atoms with Crippen LogP contribution in [-0.2, 0) is 5.41 Å². The summed E-state index contributed by atoms with van der Waals surface area (Å²) in [6.07, 6.45) is 6.96. The van der Waals surface area contributed by atoms with Crippen LogP contribution in [0.25, 0.3) is 0 Å². The molecule has 0 unspecified atom stereocenters. The van der Waals surface area contributed by atoms with Gasteiger partial charge in [-0.25, -0.2) is 0 Å². The second-order valence-corrected chi connectivity index (χ2v) is 5.91. The molecule has 3 rings (SSSR count). The van der Waals surface area contributed by atoms with Crippen molar-refractivity contribution < 1.29 is 5.11 Å². The maximum atomic E-state index is 9.30. The fourth-order valence-electron chi connectivity index (χ4n) is 3.27. The molecule has 0 heterocycles. The van der Waals surface area contributed by atoms with Gasteiger partial charge in [-0.15, -0.1) is 0 Å². The van der Waals surface area contributed by atoms with Crippen LogP contribution in [0, 0.1) is 0 Å². The Morgan fingerprint density at radius 3 is 2.29 bits per heavy atom. The molecule has 2 aromatic rings. The van der Waals surface area contributed by atoms with Gasteiger partial charge < -0.3 is 5.11 Å². The first-order valence-corrected chi connectivity index (χ1v) is 7.63. The standard InChI is InChI=1S/C19H21NO/c21-18-10-8-16(9-11-18)14-20-15-19(12-4-5-13-19)17-6-2-1-3-7-17/h1-3,6-11,14,21H,4-5,12-13,15H2. The van der Waals surface area contributed by atoms with E-state index in [-0.39, 0.29) is 5.41 Å². The molecule has 0 spiro atoms. The van der Waals surface area contributed by atoms with Crippen LogP contribution in [0.2, 0.25) is 0 Å². The van der Waals surface area contributed by atoms with Crippen LogP contribution in [0.4, 0.5) is 0 Å². The predicted molar refractivity (Wildman–Crippen MR) is 87.2 cm³/mol. The highest BCUT2D eigenvalue weighted by Crippen LogP contribution is 2.41. The number of phenolic OH excluding ortho intramolecular Hbond substituents is 1. The molecule has 1 aliphatic carbocycles. The number of hydrogen-bond donors (Lipinski definition) is 1. The lowest BCUT2D eigenvalue weighted by atomic mass is 9.79. The Kier molecular flexibility index (Phi) is 4.05. The summed E-state index contributed by atoms with van der Waals surface area (Å²) < 4.78 is 0. The molecule has 108 valence electrons. The van der Waals surface area contributed by atoms with Gasteiger partial charge >= 0.3 is 0 Å².